The Morgan fingerprint density at radius 3 is 2.62 bits per heavy atom. The number of amidine groups is 1. The molecule has 10 heteroatoms. The summed E-state index contributed by atoms with van der Waals surface area (Å²) >= 11 is 13.0. The first-order valence-corrected chi connectivity index (χ1v) is 14.9. The molecule has 1 aliphatic rings. The van der Waals surface area contributed by atoms with Gasteiger partial charge in [-0.2, -0.15) is 0 Å². The van der Waals surface area contributed by atoms with Crippen LogP contribution in [0.25, 0.3) is 11.0 Å². The van der Waals surface area contributed by atoms with Crippen LogP contribution in [-0.2, 0) is 4.74 Å². The minimum Gasteiger partial charge on any atom is -0.379 e. The zero-order chi connectivity index (χ0) is 28.6. The van der Waals surface area contributed by atoms with Gasteiger partial charge in [0.05, 0.1) is 47.5 Å². The molecule has 2 heterocycles. The molecule has 1 amide bonds. The number of benzene rings is 2. The molecule has 3 aromatic rings. The number of carbonyl (C=O) groups excluding carboxylic acids is 1. The number of imidazole rings is 1. The first kappa shape index (κ1) is 30.3. The molecule has 2 N–H and O–H groups in total. The highest BCUT2D eigenvalue weighted by atomic mass is 35.5. The number of rotatable bonds is 11. The van der Waals surface area contributed by atoms with Crippen LogP contribution in [0.3, 0.4) is 0 Å². The standard InChI is InChI=1S/C30H40Cl2N6O2/c1-5-7-20(3)33-28(19-37-13-15-40-16-14-37)38(12-6-2)27-11-8-22(17-24(27)32)30(39)34-21(4)29-35-25-10-9-23(31)18-26(25)36-29/h8-11,17-18,20-21H,5-7,12-16,19H2,1-4H3,(H,34,39)(H,35,36). The van der Waals surface area contributed by atoms with Crippen molar-refractivity contribution in [3.8, 4) is 0 Å². The van der Waals surface area contributed by atoms with E-state index in [2.05, 4.69) is 45.9 Å². The molecule has 1 aromatic heterocycles. The lowest BCUT2D eigenvalue weighted by molar-refractivity contribution is 0.0451. The number of aromatic nitrogens is 2. The van der Waals surface area contributed by atoms with Crippen LogP contribution >= 0.6 is 23.2 Å². The first-order valence-electron chi connectivity index (χ1n) is 14.2. The van der Waals surface area contributed by atoms with Crippen molar-refractivity contribution in [1.82, 2.24) is 20.2 Å². The predicted octanol–water partition coefficient (Wildman–Crippen LogP) is 6.50. The Bertz CT molecular complexity index is 1320. The summed E-state index contributed by atoms with van der Waals surface area (Å²) in [5.74, 6) is 1.44. The van der Waals surface area contributed by atoms with E-state index in [-0.39, 0.29) is 18.0 Å². The molecule has 1 fully saturated rings. The zero-order valence-corrected chi connectivity index (χ0v) is 25.4. The molecule has 1 saturated heterocycles. The molecular weight excluding hydrogens is 547 g/mol. The maximum atomic E-state index is 13.2. The molecule has 0 aliphatic carbocycles. The number of nitrogens with zero attached hydrogens (tertiary/aromatic N) is 4. The molecule has 2 unspecified atom stereocenters. The largest absolute Gasteiger partial charge is 0.379 e. The number of hydrogen-bond donors (Lipinski definition) is 2. The second-order valence-electron chi connectivity index (χ2n) is 10.4. The van der Waals surface area contributed by atoms with Crippen LogP contribution in [0.1, 0.15) is 69.2 Å². The monoisotopic (exact) mass is 586 g/mol. The Hall–Kier alpha value is -2.65. The van der Waals surface area contributed by atoms with Crippen molar-refractivity contribution in [2.75, 3.05) is 44.3 Å². The number of nitrogens with one attached hydrogen (secondary N) is 2. The molecular formula is C30H40Cl2N6O2. The number of hydrogen-bond acceptors (Lipinski definition) is 5. The van der Waals surface area contributed by atoms with E-state index in [0.717, 1.165) is 81.2 Å². The average Bonchev–Trinajstić information content (AvgIpc) is 3.36. The van der Waals surface area contributed by atoms with Crippen molar-refractivity contribution in [2.45, 2.75) is 59.0 Å². The van der Waals surface area contributed by atoms with E-state index in [4.69, 9.17) is 32.9 Å². The van der Waals surface area contributed by atoms with Gasteiger partial charge in [-0.05, 0) is 63.1 Å². The summed E-state index contributed by atoms with van der Waals surface area (Å²) in [5, 5.41) is 4.17. The van der Waals surface area contributed by atoms with E-state index in [9.17, 15) is 4.79 Å². The molecule has 0 saturated carbocycles. The van der Waals surface area contributed by atoms with Crippen LogP contribution in [0.2, 0.25) is 10.0 Å². The lowest BCUT2D eigenvalue weighted by Crippen LogP contribution is -2.45. The van der Waals surface area contributed by atoms with Crippen molar-refractivity contribution in [3.05, 3.63) is 57.8 Å². The van der Waals surface area contributed by atoms with E-state index in [1.807, 2.05) is 31.2 Å². The molecule has 0 spiro atoms. The number of H-pyrrole nitrogens is 1. The summed E-state index contributed by atoms with van der Waals surface area (Å²) < 4.78 is 5.56. The number of carbonyl (C=O) groups is 1. The van der Waals surface area contributed by atoms with Gasteiger partial charge >= 0.3 is 0 Å². The summed E-state index contributed by atoms with van der Waals surface area (Å²) in [7, 11) is 0. The van der Waals surface area contributed by atoms with E-state index in [1.54, 1.807) is 12.1 Å². The van der Waals surface area contributed by atoms with Crippen LogP contribution in [0.15, 0.2) is 41.4 Å². The van der Waals surface area contributed by atoms with Crippen molar-refractivity contribution >= 4 is 51.7 Å². The number of aliphatic imine (C=N–C) groups is 1. The Balaban J connectivity index is 1.54. The average molecular weight is 588 g/mol. The quantitative estimate of drug-likeness (QED) is 0.198. The third kappa shape index (κ3) is 7.75. The number of fused-ring (bicyclic) bond motifs is 1. The van der Waals surface area contributed by atoms with E-state index >= 15 is 0 Å². The van der Waals surface area contributed by atoms with Gasteiger partial charge < -0.3 is 19.9 Å². The lowest BCUT2D eigenvalue weighted by Gasteiger charge is -2.33. The normalized spacial score (nSPS) is 16.2. The summed E-state index contributed by atoms with van der Waals surface area (Å²) in [6.07, 6.45) is 3.03. The molecule has 0 radical (unpaired) electrons. The smallest absolute Gasteiger partial charge is 0.251 e. The van der Waals surface area contributed by atoms with Crippen molar-refractivity contribution in [1.29, 1.82) is 0 Å². The van der Waals surface area contributed by atoms with Gasteiger partial charge in [-0.3, -0.25) is 14.7 Å². The van der Waals surface area contributed by atoms with Crippen molar-refractivity contribution in [3.63, 3.8) is 0 Å². The lowest BCUT2D eigenvalue weighted by atomic mass is 10.1. The number of anilines is 1. The van der Waals surface area contributed by atoms with E-state index < -0.39 is 0 Å². The van der Waals surface area contributed by atoms with Gasteiger partial charge in [-0.15, -0.1) is 0 Å². The fourth-order valence-corrected chi connectivity index (χ4v) is 5.38. The third-order valence-electron chi connectivity index (χ3n) is 7.02. The molecule has 40 heavy (non-hydrogen) atoms. The maximum absolute atomic E-state index is 13.2. The summed E-state index contributed by atoms with van der Waals surface area (Å²) in [4.78, 5) is 30.8. The van der Waals surface area contributed by atoms with Gasteiger partial charge in [0.2, 0.25) is 0 Å². The highest BCUT2D eigenvalue weighted by molar-refractivity contribution is 6.34. The van der Waals surface area contributed by atoms with Crippen molar-refractivity contribution in [2.24, 2.45) is 4.99 Å². The maximum Gasteiger partial charge on any atom is 0.251 e. The molecule has 4 rings (SSSR count). The Labute approximate surface area is 247 Å². The topological polar surface area (TPSA) is 85.8 Å². The molecule has 2 aromatic carbocycles. The Morgan fingerprint density at radius 1 is 1.15 bits per heavy atom. The number of aromatic amines is 1. The van der Waals surface area contributed by atoms with Gasteiger partial charge in [0.1, 0.15) is 11.7 Å². The summed E-state index contributed by atoms with van der Waals surface area (Å²) in [5.41, 5.74) is 2.97. The zero-order valence-electron chi connectivity index (χ0n) is 23.8. The van der Waals surface area contributed by atoms with Crippen LogP contribution in [0.4, 0.5) is 5.69 Å². The minimum absolute atomic E-state index is 0.208. The summed E-state index contributed by atoms with van der Waals surface area (Å²) in [6.45, 7) is 13.1. The van der Waals surface area contributed by atoms with Gasteiger partial charge in [0.15, 0.2) is 0 Å². The van der Waals surface area contributed by atoms with Gasteiger partial charge in [0.25, 0.3) is 5.91 Å². The van der Waals surface area contributed by atoms with E-state index in [0.29, 0.717) is 21.4 Å². The Morgan fingerprint density at radius 2 is 1.93 bits per heavy atom. The van der Waals surface area contributed by atoms with Crippen LogP contribution in [-0.4, -0.2) is 72.0 Å². The second-order valence-corrected chi connectivity index (χ2v) is 11.2. The number of halogens is 2. The minimum atomic E-state index is -0.332. The van der Waals surface area contributed by atoms with Crippen LogP contribution in [0.5, 0.6) is 0 Å². The van der Waals surface area contributed by atoms with E-state index in [1.165, 1.54) is 0 Å². The van der Waals surface area contributed by atoms with Crippen LogP contribution in [0, 0.1) is 0 Å². The highest BCUT2D eigenvalue weighted by Crippen LogP contribution is 2.29. The number of ether oxygens (including phenoxy) is 1. The fourth-order valence-electron chi connectivity index (χ4n) is 4.93. The first-order chi connectivity index (χ1) is 19.3. The number of morpholine rings is 1. The third-order valence-corrected chi connectivity index (χ3v) is 7.56. The van der Waals surface area contributed by atoms with Gasteiger partial charge in [-0.1, -0.05) is 43.5 Å². The molecule has 216 valence electrons. The number of amides is 1. The fraction of sp³-hybridized carbons (Fsp3) is 0.500. The molecule has 1 aliphatic heterocycles. The SMILES string of the molecule is CCCC(C)N=C(CN1CCOCC1)N(CCC)c1ccc(C(=O)NC(C)c2nc3ccc(Cl)cc3[nH]2)cc1Cl. The molecule has 2 atom stereocenters. The van der Waals surface area contributed by atoms with Gasteiger partial charge in [-0.25, -0.2) is 4.98 Å². The molecule has 0 bridgehead atoms. The van der Waals surface area contributed by atoms with Crippen LogP contribution < -0.4 is 10.2 Å². The highest BCUT2D eigenvalue weighted by Gasteiger charge is 2.23. The van der Waals surface area contributed by atoms with Crippen molar-refractivity contribution < 1.29 is 9.53 Å². The second kappa shape index (κ2) is 14.3. The molecule has 8 nitrogen and oxygen atoms in total. The van der Waals surface area contributed by atoms with Gasteiger partial charge in [0, 0.05) is 36.3 Å². The Kier molecular flexibility index (Phi) is 10.8. The summed E-state index contributed by atoms with van der Waals surface area (Å²) in [6, 6.07) is 10.8. The predicted molar refractivity (Wildman–Crippen MR) is 165 cm³/mol.